The summed E-state index contributed by atoms with van der Waals surface area (Å²) in [5.41, 5.74) is 0. The first-order valence-corrected chi connectivity index (χ1v) is 6.18. The number of Topliss-reactive ketones (excluding diaryl/α,β-unsaturated/α-hetero) is 2. The van der Waals surface area contributed by atoms with Crippen molar-refractivity contribution in [2.75, 3.05) is 0 Å². The smallest absolute Gasteiger partial charge is 0.132 e. The van der Waals surface area contributed by atoms with Gasteiger partial charge in [0, 0.05) is 19.3 Å². The van der Waals surface area contributed by atoms with Crippen molar-refractivity contribution in [3.63, 3.8) is 0 Å². The van der Waals surface area contributed by atoms with Crippen molar-refractivity contribution in [3.05, 3.63) is 0 Å². The third-order valence-electron chi connectivity index (χ3n) is 2.54. The summed E-state index contributed by atoms with van der Waals surface area (Å²) in [4.78, 5) is 20.6. The van der Waals surface area contributed by atoms with E-state index in [2.05, 4.69) is 6.92 Å². The van der Waals surface area contributed by atoms with Gasteiger partial charge in [0.2, 0.25) is 0 Å². The van der Waals surface area contributed by atoms with Gasteiger partial charge < -0.3 is 4.79 Å². The van der Waals surface area contributed by atoms with Crippen molar-refractivity contribution in [1.82, 2.24) is 0 Å². The lowest BCUT2D eigenvalue weighted by atomic mass is 10.1. The highest BCUT2D eigenvalue weighted by Crippen LogP contribution is 2.11. The van der Waals surface area contributed by atoms with Crippen molar-refractivity contribution in [2.24, 2.45) is 0 Å². The van der Waals surface area contributed by atoms with Gasteiger partial charge in [-0.15, -0.1) is 0 Å². The fraction of sp³-hybridized carbons (Fsp3) is 0.846. The third kappa shape index (κ3) is 11.3. The van der Waals surface area contributed by atoms with Gasteiger partial charge in [0.25, 0.3) is 0 Å². The summed E-state index contributed by atoms with van der Waals surface area (Å²) < 4.78 is 0. The minimum Gasteiger partial charge on any atom is -0.300 e. The van der Waals surface area contributed by atoms with E-state index in [1.165, 1.54) is 19.3 Å². The van der Waals surface area contributed by atoms with Crippen molar-refractivity contribution in [1.29, 1.82) is 0 Å². The molecule has 0 amide bonds. The van der Waals surface area contributed by atoms with E-state index in [9.17, 15) is 9.59 Å². The van der Waals surface area contributed by atoms with Crippen LogP contribution in [0.4, 0.5) is 0 Å². The van der Waals surface area contributed by atoms with E-state index >= 15 is 0 Å². The van der Waals surface area contributed by atoms with Gasteiger partial charge in [-0.2, -0.15) is 0 Å². The molecule has 0 heterocycles. The fourth-order valence-corrected chi connectivity index (χ4v) is 1.57. The van der Waals surface area contributed by atoms with E-state index in [0.29, 0.717) is 11.6 Å². The number of unbranched alkanes of at least 4 members (excludes halogenated alkanes) is 3. The molecular weight excluding hydrogens is 188 g/mol. The Balaban J connectivity index is 0.000000280. The summed E-state index contributed by atoms with van der Waals surface area (Å²) in [7, 11) is 0. The van der Waals surface area contributed by atoms with E-state index in [1.807, 2.05) is 0 Å². The molecule has 0 aromatic carbocycles. The number of rotatable bonds is 5. The van der Waals surface area contributed by atoms with Gasteiger partial charge >= 0.3 is 0 Å². The summed E-state index contributed by atoms with van der Waals surface area (Å²) in [6.07, 6.45) is 9.57. The van der Waals surface area contributed by atoms with Crippen LogP contribution in [0.1, 0.15) is 71.6 Å². The second-order valence-corrected chi connectivity index (χ2v) is 4.26. The van der Waals surface area contributed by atoms with Crippen LogP contribution in [0.5, 0.6) is 0 Å². The van der Waals surface area contributed by atoms with Crippen LogP contribution < -0.4 is 0 Å². The highest BCUT2D eigenvalue weighted by molar-refractivity contribution is 5.80. The van der Waals surface area contributed by atoms with Crippen LogP contribution in [0.3, 0.4) is 0 Å². The summed E-state index contributed by atoms with van der Waals surface area (Å²) in [6, 6.07) is 0. The fourth-order valence-electron chi connectivity index (χ4n) is 1.57. The maximum atomic E-state index is 10.4. The molecule has 0 unspecified atom stereocenters. The Kier molecular flexibility index (Phi) is 9.44. The Labute approximate surface area is 93.4 Å². The van der Waals surface area contributed by atoms with Crippen LogP contribution in [-0.2, 0) is 9.59 Å². The SMILES string of the molecule is CCCCCCC(C)=O.O=C1CCCC1. The van der Waals surface area contributed by atoms with Crippen LogP contribution >= 0.6 is 0 Å². The molecule has 1 rings (SSSR count). The maximum Gasteiger partial charge on any atom is 0.132 e. The first kappa shape index (κ1) is 14.3. The normalized spacial score (nSPS) is 14.7. The van der Waals surface area contributed by atoms with Crippen LogP contribution in [0.25, 0.3) is 0 Å². The lowest BCUT2D eigenvalue weighted by Crippen LogP contribution is -1.88. The molecule has 0 aliphatic heterocycles. The van der Waals surface area contributed by atoms with Crippen molar-refractivity contribution < 1.29 is 9.59 Å². The molecule has 0 spiro atoms. The van der Waals surface area contributed by atoms with Gasteiger partial charge in [-0.1, -0.05) is 26.2 Å². The first-order chi connectivity index (χ1) is 7.16. The van der Waals surface area contributed by atoms with E-state index in [0.717, 1.165) is 38.5 Å². The highest BCUT2D eigenvalue weighted by atomic mass is 16.1. The zero-order chi connectivity index (χ0) is 11.5. The molecule has 0 atom stereocenters. The summed E-state index contributed by atoms with van der Waals surface area (Å²) >= 11 is 0. The number of ketones is 2. The number of carbonyl (C=O) groups is 2. The molecule has 1 aliphatic rings. The molecule has 15 heavy (non-hydrogen) atoms. The Morgan fingerprint density at radius 2 is 1.73 bits per heavy atom. The minimum absolute atomic E-state index is 0.325. The van der Waals surface area contributed by atoms with Crippen LogP contribution in [-0.4, -0.2) is 11.6 Å². The standard InChI is InChI=1S/C8H16O.C5H8O/c1-3-4-5-6-7-8(2)9;6-5-3-1-2-4-5/h3-7H2,1-2H3;1-4H2. The molecule has 88 valence electrons. The molecule has 1 saturated carbocycles. The third-order valence-corrected chi connectivity index (χ3v) is 2.54. The average molecular weight is 212 g/mol. The molecule has 1 fully saturated rings. The second-order valence-electron chi connectivity index (χ2n) is 4.26. The highest BCUT2D eigenvalue weighted by Gasteiger charge is 2.07. The van der Waals surface area contributed by atoms with Crippen LogP contribution in [0.15, 0.2) is 0 Å². The molecule has 0 saturated heterocycles. The Morgan fingerprint density at radius 1 is 1.13 bits per heavy atom. The van der Waals surface area contributed by atoms with E-state index in [-0.39, 0.29) is 0 Å². The van der Waals surface area contributed by atoms with E-state index < -0.39 is 0 Å². The maximum absolute atomic E-state index is 10.4. The van der Waals surface area contributed by atoms with Crippen molar-refractivity contribution in [3.8, 4) is 0 Å². The quantitative estimate of drug-likeness (QED) is 0.651. The molecule has 0 bridgehead atoms. The van der Waals surface area contributed by atoms with Gasteiger partial charge in [0.1, 0.15) is 11.6 Å². The number of hydrogen-bond donors (Lipinski definition) is 0. The van der Waals surface area contributed by atoms with Gasteiger partial charge in [0.05, 0.1) is 0 Å². The largest absolute Gasteiger partial charge is 0.300 e. The molecule has 0 N–H and O–H groups in total. The predicted molar refractivity (Wildman–Crippen MR) is 62.9 cm³/mol. The molecule has 0 radical (unpaired) electrons. The van der Waals surface area contributed by atoms with Crippen LogP contribution in [0, 0.1) is 0 Å². The van der Waals surface area contributed by atoms with Crippen LogP contribution in [0.2, 0.25) is 0 Å². The topological polar surface area (TPSA) is 34.1 Å². The molecule has 1 aliphatic carbocycles. The molecule has 2 nitrogen and oxygen atoms in total. The average Bonchev–Trinajstić information content (AvgIpc) is 2.65. The Morgan fingerprint density at radius 3 is 2.07 bits per heavy atom. The Bertz CT molecular complexity index is 177. The Hall–Kier alpha value is -0.660. The molecule has 0 aromatic rings. The van der Waals surface area contributed by atoms with E-state index in [4.69, 9.17) is 0 Å². The van der Waals surface area contributed by atoms with Gasteiger partial charge in [0.15, 0.2) is 0 Å². The summed E-state index contributed by atoms with van der Waals surface area (Å²) in [5.74, 6) is 0.779. The summed E-state index contributed by atoms with van der Waals surface area (Å²) in [6.45, 7) is 3.83. The number of carbonyl (C=O) groups excluding carboxylic acids is 2. The van der Waals surface area contributed by atoms with Gasteiger partial charge in [-0.05, 0) is 26.2 Å². The molecule has 0 aromatic heterocycles. The zero-order valence-electron chi connectivity index (χ0n) is 10.2. The lowest BCUT2D eigenvalue weighted by Gasteiger charge is -1.93. The first-order valence-electron chi connectivity index (χ1n) is 6.18. The minimum atomic E-state index is 0.325. The van der Waals surface area contributed by atoms with Crippen molar-refractivity contribution >= 4 is 11.6 Å². The molecular formula is C13H24O2. The lowest BCUT2D eigenvalue weighted by molar-refractivity contribution is -0.118. The van der Waals surface area contributed by atoms with E-state index in [1.54, 1.807) is 6.92 Å². The monoisotopic (exact) mass is 212 g/mol. The van der Waals surface area contributed by atoms with Gasteiger partial charge in [-0.25, -0.2) is 0 Å². The predicted octanol–water partition coefficient (Wildman–Crippen LogP) is 3.68. The molecule has 2 heteroatoms. The van der Waals surface area contributed by atoms with Crippen molar-refractivity contribution in [2.45, 2.75) is 71.6 Å². The number of hydrogen-bond acceptors (Lipinski definition) is 2. The second kappa shape index (κ2) is 9.88. The summed E-state index contributed by atoms with van der Waals surface area (Å²) in [5, 5.41) is 0. The zero-order valence-corrected chi connectivity index (χ0v) is 10.2. The van der Waals surface area contributed by atoms with Gasteiger partial charge in [-0.3, -0.25) is 4.79 Å².